The smallest absolute Gasteiger partial charge is 0.231 e. The van der Waals surface area contributed by atoms with Gasteiger partial charge in [-0.1, -0.05) is 0 Å². The van der Waals surface area contributed by atoms with Gasteiger partial charge >= 0.3 is 0 Å². The first-order valence-electron chi connectivity index (χ1n) is 4.72. The molecule has 1 saturated heterocycles. The third-order valence-electron chi connectivity index (χ3n) is 2.24. The standard InChI is InChI=1S/C8H16N2O3S/c11-8(6-14(12)13)10-5-7-2-1-3-9-4-7/h7,9H,1-6H2,(H,10,11)(H,12,13)/p-1. The van der Waals surface area contributed by atoms with Crippen LogP contribution in [-0.2, 0) is 15.9 Å². The van der Waals surface area contributed by atoms with Crippen LogP contribution in [0.15, 0.2) is 0 Å². The molecule has 0 saturated carbocycles. The molecule has 14 heavy (non-hydrogen) atoms. The lowest BCUT2D eigenvalue weighted by Gasteiger charge is -2.22. The first kappa shape index (κ1) is 11.6. The van der Waals surface area contributed by atoms with Gasteiger partial charge in [-0.2, -0.15) is 0 Å². The Morgan fingerprint density at radius 2 is 2.43 bits per heavy atom. The largest absolute Gasteiger partial charge is 0.772 e. The van der Waals surface area contributed by atoms with Crippen LogP contribution in [0, 0.1) is 5.92 Å². The van der Waals surface area contributed by atoms with Crippen molar-refractivity contribution in [2.75, 3.05) is 25.4 Å². The highest BCUT2D eigenvalue weighted by Gasteiger charge is 2.13. The van der Waals surface area contributed by atoms with Crippen molar-refractivity contribution in [1.82, 2.24) is 10.6 Å². The van der Waals surface area contributed by atoms with Gasteiger partial charge in [0.1, 0.15) is 0 Å². The summed E-state index contributed by atoms with van der Waals surface area (Å²) in [7, 11) is 0. The van der Waals surface area contributed by atoms with E-state index in [1.54, 1.807) is 0 Å². The summed E-state index contributed by atoms with van der Waals surface area (Å²) >= 11 is -2.28. The third kappa shape index (κ3) is 4.69. The van der Waals surface area contributed by atoms with E-state index in [0.717, 1.165) is 25.9 Å². The van der Waals surface area contributed by atoms with Crippen LogP contribution < -0.4 is 10.6 Å². The Morgan fingerprint density at radius 3 is 3.00 bits per heavy atom. The lowest BCUT2D eigenvalue weighted by Crippen LogP contribution is -2.39. The second kappa shape index (κ2) is 6.10. The van der Waals surface area contributed by atoms with Crippen molar-refractivity contribution >= 4 is 17.0 Å². The molecule has 1 aliphatic rings. The number of rotatable bonds is 4. The van der Waals surface area contributed by atoms with Gasteiger partial charge in [-0.25, -0.2) is 0 Å². The van der Waals surface area contributed by atoms with E-state index < -0.39 is 22.7 Å². The number of carbonyl (C=O) groups is 1. The fraction of sp³-hybridized carbons (Fsp3) is 0.875. The minimum Gasteiger partial charge on any atom is -0.772 e. The van der Waals surface area contributed by atoms with Crippen molar-refractivity contribution in [3.63, 3.8) is 0 Å². The maximum absolute atomic E-state index is 11.0. The molecule has 0 aromatic heterocycles. The number of carbonyl (C=O) groups excluding carboxylic acids is 1. The van der Waals surface area contributed by atoms with E-state index in [4.69, 9.17) is 0 Å². The van der Waals surface area contributed by atoms with Gasteiger partial charge in [-0.05, 0) is 42.9 Å². The van der Waals surface area contributed by atoms with Gasteiger partial charge in [0.25, 0.3) is 0 Å². The Balaban J connectivity index is 2.12. The average Bonchev–Trinajstić information content (AvgIpc) is 2.15. The van der Waals surface area contributed by atoms with Gasteiger partial charge in [-0.3, -0.25) is 9.00 Å². The molecule has 5 nitrogen and oxygen atoms in total. The van der Waals surface area contributed by atoms with E-state index in [1.807, 2.05) is 0 Å². The minimum atomic E-state index is -2.28. The summed E-state index contributed by atoms with van der Waals surface area (Å²) in [5.74, 6) is -0.406. The molecular formula is C8H15N2O3S-. The molecule has 1 heterocycles. The van der Waals surface area contributed by atoms with E-state index in [-0.39, 0.29) is 0 Å². The van der Waals surface area contributed by atoms with Crippen LogP contribution in [0.4, 0.5) is 0 Å². The summed E-state index contributed by atoms with van der Waals surface area (Å²) in [6.45, 7) is 2.51. The lowest BCUT2D eigenvalue weighted by molar-refractivity contribution is -0.118. The Hall–Kier alpha value is -0.460. The SMILES string of the molecule is O=C(CS(=O)[O-])NCC1CCCNC1. The summed E-state index contributed by atoms with van der Waals surface area (Å²) in [4.78, 5) is 11.0. The van der Waals surface area contributed by atoms with Gasteiger partial charge in [0.2, 0.25) is 5.91 Å². The molecule has 2 N–H and O–H groups in total. The summed E-state index contributed by atoms with van der Waals surface area (Å²) < 4.78 is 20.4. The summed E-state index contributed by atoms with van der Waals surface area (Å²) in [5, 5.41) is 5.84. The number of nitrogens with one attached hydrogen (secondary N) is 2. The molecule has 6 heteroatoms. The fourth-order valence-electron chi connectivity index (χ4n) is 1.51. The van der Waals surface area contributed by atoms with Crippen LogP contribution in [0.1, 0.15) is 12.8 Å². The van der Waals surface area contributed by atoms with Crippen molar-refractivity contribution in [2.24, 2.45) is 5.92 Å². The van der Waals surface area contributed by atoms with Crippen molar-refractivity contribution in [3.8, 4) is 0 Å². The monoisotopic (exact) mass is 219 g/mol. The zero-order chi connectivity index (χ0) is 10.4. The van der Waals surface area contributed by atoms with Crippen LogP contribution in [0.3, 0.4) is 0 Å². The maximum atomic E-state index is 11.0. The Morgan fingerprint density at radius 1 is 1.64 bits per heavy atom. The minimum absolute atomic E-state index is 0.413. The highest BCUT2D eigenvalue weighted by atomic mass is 32.2. The Labute approximate surface area is 85.9 Å². The van der Waals surface area contributed by atoms with E-state index in [2.05, 4.69) is 10.6 Å². The first-order valence-corrected chi connectivity index (χ1v) is 5.96. The van der Waals surface area contributed by atoms with Gasteiger partial charge in [0.05, 0.1) is 5.75 Å². The van der Waals surface area contributed by atoms with Crippen molar-refractivity contribution in [3.05, 3.63) is 0 Å². The second-order valence-electron chi connectivity index (χ2n) is 3.46. The van der Waals surface area contributed by atoms with Crippen LogP contribution in [0.5, 0.6) is 0 Å². The van der Waals surface area contributed by atoms with Gasteiger partial charge in [0.15, 0.2) is 0 Å². The van der Waals surface area contributed by atoms with Crippen molar-refractivity contribution < 1.29 is 13.6 Å². The van der Waals surface area contributed by atoms with Crippen LogP contribution in [0.25, 0.3) is 0 Å². The third-order valence-corrected chi connectivity index (χ3v) is 2.73. The molecule has 0 spiro atoms. The van der Waals surface area contributed by atoms with Crippen LogP contribution >= 0.6 is 0 Å². The van der Waals surface area contributed by atoms with Gasteiger partial charge < -0.3 is 15.2 Å². The van der Waals surface area contributed by atoms with Crippen LogP contribution in [-0.4, -0.2) is 40.1 Å². The topological polar surface area (TPSA) is 81.3 Å². The first-order chi connectivity index (χ1) is 6.68. The molecule has 1 aliphatic heterocycles. The van der Waals surface area contributed by atoms with Crippen molar-refractivity contribution in [2.45, 2.75) is 12.8 Å². The molecule has 0 aromatic rings. The number of piperidine rings is 1. The van der Waals surface area contributed by atoms with Crippen molar-refractivity contribution in [1.29, 1.82) is 0 Å². The van der Waals surface area contributed by atoms with Gasteiger partial charge in [0, 0.05) is 6.54 Å². The molecule has 82 valence electrons. The predicted octanol–water partition coefficient (Wildman–Crippen LogP) is -1.02. The molecular weight excluding hydrogens is 204 g/mol. The van der Waals surface area contributed by atoms with E-state index in [1.165, 1.54) is 0 Å². The Kier molecular flexibility index (Phi) is 5.06. The molecule has 1 amide bonds. The molecule has 1 rings (SSSR count). The number of amides is 1. The van der Waals surface area contributed by atoms with E-state index in [0.29, 0.717) is 12.5 Å². The quantitative estimate of drug-likeness (QED) is 0.593. The highest BCUT2D eigenvalue weighted by molar-refractivity contribution is 7.79. The summed E-state index contributed by atoms with van der Waals surface area (Å²) in [6.07, 6.45) is 2.21. The molecule has 0 radical (unpaired) electrons. The molecule has 1 fully saturated rings. The molecule has 2 atom stereocenters. The highest BCUT2D eigenvalue weighted by Crippen LogP contribution is 2.07. The maximum Gasteiger partial charge on any atom is 0.231 e. The molecule has 0 bridgehead atoms. The van der Waals surface area contributed by atoms with Crippen LogP contribution in [0.2, 0.25) is 0 Å². The molecule has 0 aromatic carbocycles. The van der Waals surface area contributed by atoms with E-state index >= 15 is 0 Å². The zero-order valence-electron chi connectivity index (χ0n) is 7.95. The van der Waals surface area contributed by atoms with Gasteiger partial charge in [-0.15, -0.1) is 0 Å². The lowest BCUT2D eigenvalue weighted by atomic mass is 10.00. The average molecular weight is 219 g/mol. The second-order valence-corrected chi connectivity index (χ2v) is 4.36. The number of hydrogen-bond donors (Lipinski definition) is 2. The Bertz CT molecular complexity index is 217. The summed E-state index contributed by atoms with van der Waals surface area (Å²) in [6, 6.07) is 0. The zero-order valence-corrected chi connectivity index (χ0v) is 8.77. The number of hydrogen-bond acceptors (Lipinski definition) is 4. The molecule has 0 aliphatic carbocycles. The van der Waals surface area contributed by atoms with E-state index in [9.17, 15) is 13.6 Å². The predicted molar refractivity (Wildman–Crippen MR) is 52.4 cm³/mol. The summed E-state index contributed by atoms with van der Waals surface area (Å²) in [5.41, 5.74) is 0. The fourth-order valence-corrected chi connectivity index (χ4v) is 1.83. The molecule has 2 unspecified atom stereocenters. The normalized spacial score (nSPS) is 24.2.